The lowest BCUT2D eigenvalue weighted by Crippen LogP contribution is -2.47. The summed E-state index contributed by atoms with van der Waals surface area (Å²) in [5.74, 6) is -1.98. The summed E-state index contributed by atoms with van der Waals surface area (Å²) in [5, 5.41) is 5.53. The fourth-order valence-electron chi connectivity index (χ4n) is 6.33. The van der Waals surface area contributed by atoms with Crippen LogP contribution in [0.5, 0.6) is 17.2 Å². The molecular weight excluding hydrogens is 598 g/mol. The number of pyridine rings is 1. The third-order valence-electron chi connectivity index (χ3n) is 8.43. The summed E-state index contributed by atoms with van der Waals surface area (Å²) in [7, 11) is 4.36. The number of hydrogen-bond acceptors (Lipinski definition) is 7. The van der Waals surface area contributed by atoms with E-state index in [1.54, 1.807) is 30.3 Å². The number of carbonyl (C=O) groups is 2. The molecule has 0 unspecified atom stereocenters. The largest absolute Gasteiger partial charge is 0.493 e. The zero-order valence-corrected chi connectivity index (χ0v) is 25.4. The highest BCUT2D eigenvalue weighted by molar-refractivity contribution is 6.09. The molecule has 10 nitrogen and oxygen atoms in total. The molecule has 0 saturated carbocycles. The highest BCUT2D eigenvalue weighted by atomic mass is 19.2. The van der Waals surface area contributed by atoms with Gasteiger partial charge >= 0.3 is 0 Å². The molecule has 2 aliphatic heterocycles. The summed E-state index contributed by atoms with van der Waals surface area (Å²) in [6.45, 7) is 1.81. The Hall–Kier alpha value is -5.39. The van der Waals surface area contributed by atoms with Crippen LogP contribution in [-0.4, -0.2) is 50.8 Å². The van der Waals surface area contributed by atoms with Gasteiger partial charge in [-0.05, 0) is 60.9 Å². The smallest absolute Gasteiger partial charge is 0.255 e. The molecule has 6 rings (SSSR count). The van der Waals surface area contributed by atoms with E-state index >= 15 is 0 Å². The van der Waals surface area contributed by atoms with E-state index in [4.69, 9.17) is 14.2 Å². The predicted octanol–water partition coefficient (Wildman–Crippen LogP) is 5.28. The monoisotopic (exact) mass is 630 g/mol. The van der Waals surface area contributed by atoms with E-state index < -0.39 is 23.4 Å². The maximum atomic E-state index is 13.8. The van der Waals surface area contributed by atoms with Gasteiger partial charge in [0.25, 0.3) is 17.4 Å². The second-order valence-electron chi connectivity index (χ2n) is 11.3. The van der Waals surface area contributed by atoms with Crippen LogP contribution in [0.1, 0.15) is 38.7 Å². The van der Waals surface area contributed by atoms with Crippen LogP contribution in [0.25, 0.3) is 0 Å². The molecule has 2 atom stereocenters. The first-order chi connectivity index (χ1) is 22.2. The van der Waals surface area contributed by atoms with Gasteiger partial charge in [-0.3, -0.25) is 14.4 Å². The molecule has 0 radical (unpaired) electrons. The van der Waals surface area contributed by atoms with Gasteiger partial charge in [0.15, 0.2) is 23.1 Å². The first-order valence-corrected chi connectivity index (χ1v) is 14.7. The van der Waals surface area contributed by atoms with E-state index in [-0.39, 0.29) is 34.2 Å². The van der Waals surface area contributed by atoms with Gasteiger partial charge in [-0.25, -0.2) is 8.78 Å². The van der Waals surface area contributed by atoms with E-state index in [0.717, 1.165) is 24.2 Å². The lowest BCUT2D eigenvalue weighted by molar-refractivity contribution is 0.101. The molecule has 1 aromatic heterocycles. The zero-order chi connectivity index (χ0) is 32.5. The standard InChI is InChI=1S/C34H32F2N4O6/c1-44-29-13-21(14-30(45-2)32(29)46-3)34(43)38-26-12-20(33(42)37-23-8-9-24(35)25(36)15-23)7-10-28(26)39-16-19-11-22(18-39)27-5-4-6-31(41)40(27)17-19/h4-10,12-15,19,22H,11,16-18H2,1-3H3,(H,37,42)(H,38,43)/t19-,22+/m1/s1. The maximum Gasteiger partial charge on any atom is 0.255 e. The molecular formula is C34H32F2N4O6. The Morgan fingerprint density at radius 1 is 0.783 bits per heavy atom. The molecule has 2 aliphatic rings. The minimum absolute atomic E-state index is 0.0182. The second kappa shape index (κ2) is 12.5. The molecule has 0 aliphatic carbocycles. The average molecular weight is 631 g/mol. The van der Waals surface area contributed by atoms with Gasteiger partial charge in [-0.2, -0.15) is 0 Å². The number of benzene rings is 3. The maximum absolute atomic E-state index is 13.8. The van der Waals surface area contributed by atoms with Crippen molar-refractivity contribution in [1.29, 1.82) is 0 Å². The number of aromatic nitrogens is 1. The van der Waals surface area contributed by atoms with Gasteiger partial charge in [0.05, 0.1) is 32.7 Å². The summed E-state index contributed by atoms with van der Waals surface area (Å²) < 4.78 is 45.3. The van der Waals surface area contributed by atoms with E-state index in [2.05, 4.69) is 15.5 Å². The number of hydrogen-bond donors (Lipinski definition) is 2. The molecule has 2 amide bonds. The van der Waals surface area contributed by atoms with Crippen molar-refractivity contribution in [3.05, 3.63) is 106 Å². The SMILES string of the molecule is COc1cc(C(=O)Nc2cc(C(=O)Nc3ccc(F)c(F)c3)ccc2N2C[C@H]3C[C@@H](C2)c2cccc(=O)n2C3)cc(OC)c1OC. The third kappa shape index (κ3) is 5.85. The number of amides is 2. The van der Waals surface area contributed by atoms with Gasteiger partial charge in [-0.1, -0.05) is 6.07 Å². The minimum Gasteiger partial charge on any atom is -0.493 e. The van der Waals surface area contributed by atoms with E-state index in [1.807, 2.05) is 10.6 Å². The van der Waals surface area contributed by atoms with Crippen LogP contribution < -0.4 is 35.3 Å². The van der Waals surface area contributed by atoms with E-state index in [9.17, 15) is 23.2 Å². The molecule has 2 bridgehead atoms. The molecule has 46 heavy (non-hydrogen) atoms. The molecule has 1 saturated heterocycles. The molecule has 1 fully saturated rings. The van der Waals surface area contributed by atoms with Crippen molar-refractivity contribution >= 4 is 28.9 Å². The Morgan fingerprint density at radius 3 is 2.22 bits per heavy atom. The summed E-state index contributed by atoms with van der Waals surface area (Å²) in [5.41, 5.74) is 2.49. The van der Waals surface area contributed by atoms with Gasteiger partial charge in [0, 0.05) is 60.2 Å². The molecule has 12 heteroatoms. The Morgan fingerprint density at radius 2 is 1.52 bits per heavy atom. The molecule has 4 aromatic rings. The van der Waals surface area contributed by atoms with Crippen LogP contribution in [0, 0.1) is 17.6 Å². The van der Waals surface area contributed by atoms with Crippen molar-refractivity contribution in [2.45, 2.75) is 18.9 Å². The van der Waals surface area contributed by atoms with E-state index in [0.29, 0.717) is 48.3 Å². The van der Waals surface area contributed by atoms with E-state index in [1.165, 1.54) is 39.5 Å². The number of ether oxygens (including phenoxy) is 3. The van der Waals surface area contributed by atoms with Crippen molar-refractivity contribution in [3.63, 3.8) is 0 Å². The van der Waals surface area contributed by atoms with Crippen LogP contribution in [-0.2, 0) is 6.54 Å². The molecule has 3 aromatic carbocycles. The summed E-state index contributed by atoms with van der Waals surface area (Å²) in [6.07, 6.45) is 0.932. The number of nitrogens with one attached hydrogen (secondary N) is 2. The summed E-state index contributed by atoms with van der Waals surface area (Å²) in [4.78, 5) is 41.7. The number of nitrogens with zero attached hydrogens (tertiary/aromatic N) is 2. The van der Waals surface area contributed by atoms with Crippen LogP contribution in [0.2, 0.25) is 0 Å². The molecule has 0 spiro atoms. The summed E-state index contributed by atoms with van der Waals surface area (Å²) >= 11 is 0. The lowest BCUT2D eigenvalue weighted by Gasteiger charge is -2.44. The Kier molecular flexibility index (Phi) is 8.35. The quantitative estimate of drug-likeness (QED) is 0.273. The zero-order valence-electron chi connectivity index (χ0n) is 25.4. The predicted molar refractivity (Wildman–Crippen MR) is 169 cm³/mol. The number of anilines is 3. The van der Waals surface area contributed by atoms with Crippen molar-refractivity contribution in [2.24, 2.45) is 5.92 Å². The van der Waals surface area contributed by atoms with Gasteiger partial charge in [0.2, 0.25) is 5.75 Å². The van der Waals surface area contributed by atoms with Crippen LogP contribution in [0.15, 0.2) is 71.5 Å². The molecule has 238 valence electrons. The van der Waals surface area contributed by atoms with Crippen molar-refractivity contribution in [2.75, 3.05) is 50.0 Å². The highest BCUT2D eigenvalue weighted by Crippen LogP contribution is 2.41. The Bertz CT molecular complexity index is 1870. The number of carbonyl (C=O) groups excluding carboxylic acids is 2. The number of fused-ring (bicyclic) bond motifs is 4. The van der Waals surface area contributed by atoms with Gasteiger partial charge in [0.1, 0.15) is 0 Å². The van der Waals surface area contributed by atoms with Crippen LogP contribution in [0.3, 0.4) is 0 Å². The van der Waals surface area contributed by atoms with Gasteiger partial charge < -0.3 is 34.3 Å². The number of piperidine rings is 1. The highest BCUT2D eigenvalue weighted by Gasteiger charge is 2.35. The fraction of sp³-hybridized carbons (Fsp3) is 0.265. The van der Waals surface area contributed by atoms with Crippen LogP contribution >= 0.6 is 0 Å². The minimum atomic E-state index is -1.09. The fourth-order valence-corrected chi connectivity index (χ4v) is 6.33. The molecule has 2 N–H and O–H groups in total. The average Bonchev–Trinajstić information content (AvgIpc) is 3.06. The van der Waals surface area contributed by atoms with Gasteiger partial charge in [-0.15, -0.1) is 0 Å². The Balaban J connectivity index is 1.35. The van der Waals surface area contributed by atoms with Crippen molar-refractivity contribution in [3.8, 4) is 17.2 Å². The van der Waals surface area contributed by atoms with Crippen molar-refractivity contribution < 1.29 is 32.6 Å². The lowest BCUT2D eigenvalue weighted by atomic mass is 9.83. The first kappa shape index (κ1) is 30.6. The topological polar surface area (TPSA) is 111 Å². The Labute approximate surface area is 263 Å². The normalized spacial score (nSPS) is 16.7. The number of halogens is 2. The second-order valence-corrected chi connectivity index (χ2v) is 11.3. The number of methoxy groups -OCH3 is 3. The summed E-state index contributed by atoms with van der Waals surface area (Å²) in [6, 6.07) is 16.4. The molecule has 3 heterocycles. The first-order valence-electron chi connectivity index (χ1n) is 14.7. The number of rotatable bonds is 8. The van der Waals surface area contributed by atoms with Crippen molar-refractivity contribution in [1.82, 2.24) is 4.57 Å². The van der Waals surface area contributed by atoms with Crippen LogP contribution in [0.4, 0.5) is 25.8 Å². The third-order valence-corrected chi connectivity index (χ3v) is 8.43.